The number of hydrogen-bond acceptors (Lipinski definition) is 2. The molecule has 0 spiro atoms. The Balaban J connectivity index is 2.13. The Morgan fingerprint density at radius 3 is 2.24 bits per heavy atom. The van der Waals surface area contributed by atoms with Crippen molar-refractivity contribution in [2.24, 2.45) is 5.73 Å². The van der Waals surface area contributed by atoms with E-state index in [1.54, 1.807) is 0 Å². The van der Waals surface area contributed by atoms with Gasteiger partial charge in [0, 0.05) is 23.6 Å². The Morgan fingerprint density at radius 1 is 1.05 bits per heavy atom. The zero-order valence-corrected chi connectivity index (χ0v) is 14.3. The first-order valence-corrected chi connectivity index (χ1v) is 8.17. The van der Waals surface area contributed by atoms with Crippen LogP contribution in [0.4, 0.5) is 0 Å². The Kier molecular flexibility index (Phi) is 5.97. The molecule has 0 heterocycles. The van der Waals surface area contributed by atoms with E-state index in [2.05, 4.69) is 77.3 Å². The molecule has 2 rings (SSSR count). The highest BCUT2D eigenvalue weighted by Crippen LogP contribution is 2.27. The van der Waals surface area contributed by atoms with Crippen molar-refractivity contribution in [3.8, 4) is 0 Å². The predicted octanol–water partition coefficient (Wildman–Crippen LogP) is 4.14. The van der Waals surface area contributed by atoms with Crippen molar-refractivity contribution in [1.29, 1.82) is 0 Å². The molecule has 0 aliphatic heterocycles. The lowest BCUT2D eigenvalue weighted by Gasteiger charge is -2.28. The molecular weight excluding hydrogens is 324 g/mol. The van der Waals surface area contributed by atoms with E-state index < -0.39 is 0 Å². The molecule has 0 aliphatic rings. The maximum absolute atomic E-state index is 6.01. The number of nitrogens with zero attached hydrogens (tertiary/aromatic N) is 1. The second-order valence-electron chi connectivity index (χ2n) is 5.36. The van der Waals surface area contributed by atoms with Crippen molar-refractivity contribution in [2.45, 2.75) is 25.9 Å². The van der Waals surface area contributed by atoms with E-state index in [1.807, 2.05) is 6.07 Å². The van der Waals surface area contributed by atoms with Crippen molar-refractivity contribution >= 4 is 15.9 Å². The van der Waals surface area contributed by atoms with Gasteiger partial charge in [0.2, 0.25) is 0 Å². The molecule has 0 saturated heterocycles. The average Bonchev–Trinajstić information content (AvgIpc) is 2.50. The first kappa shape index (κ1) is 16.2. The summed E-state index contributed by atoms with van der Waals surface area (Å²) in [5, 5.41) is 0. The summed E-state index contributed by atoms with van der Waals surface area (Å²) in [6, 6.07) is 17.4. The van der Waals surface area contributed by atoms with E-state index in [0.29, 0.717) is 6.54 Å². The minimum Gasteiger partial charge on any atom is -0.329 e. The summed E-state index contributed by atoms with van der Waals surface area (Å²) in [6.07, 6.45) is 1.08. The van der Waals surface area contributed by atoms with Crippen LogP contribution in [0.2, 0.25) is 0 Å². The summed E-state index contributed by atoms with van der Waals surface area (Å²) in [4.78, 5) is 2.31. The van der Waals surface area contributed by atoms with Crippen molar-refractivity contribution in [1.82, 2.24) is 4.90 Å². The Labute approximate surface area is 136 Å². The highest BCUT2D eigenvalue weighted by Gasteiger charge is 2.17. The Hall–Kier alpha value is -1.16. The number of rotatable bonds is 6. The van der Waals surface area contributed by atoms with E-state index in [1.165, 1.54) is 16.7 Å². The van der Waals surface area contributed by atoms with Gasteiger partial charge in [-0.15, -0.1) is 0 Å². The molecule has 0 saturated carbocycles. The summed E-state index contributed by atoms with van der Waals surface area (Å²) in [5.41, 5.74) is 9.95. The van der Waals surface area contributed by atoms with E-state index in [0.717, 1.165) is 17.4 Å². The molecule has 1 atom stereocenters. The maximum atomic E-state index is 6.01. The number of hydrogen-bond donors (Lipinski definition) is 1. The fourth-order valence-corrected chi connectivity index (χ4v) is 3.12. The molecule has 2 aromatic carbocycles. The van der Waals surface area contributed by atoms with Crippen LogP contribution < -0.4 is 5.73 Å². The molecule has 0 aliphatic carbocycles. The van der Waals surface area contributed by atoms with Crippen LogP contribution in [0.15, 0.2) is 53.0 Å². The highest BCUT2D eigenvalue weighted by molar-refractivity contribution is 9.10. The molecule has 1 unspecified atom stereocenters. The van der Waals surface area contributed by atoms with Crippen LogP contribution in [0.3, 0.4) is 0 Å². The van der Waals surface area contributed by atoms with Gasteiger partial charge in [-0.05, 0) is 36.2 Å². The van der Waals surface area contributed by atoms with Gasteiger partial charge in [0.1, 0.15) is 0 Å². The van der Waals surface area contributed by atoms with Gasteiger partial charge in [-0.1, -0.05) is 65.3 Å². The third-order valence-corrected chi connectivity index (χ3v) is 4.60. The number of nitrogens with two attached hydrogens (primary N) is 1. The smallest absolute Gasteiger partial charge is 0.0482 e. The van der Waals surface area contributed by atoms with Gasteiger partial charge >= 0.3 is 0 Å². The van der Waals surface area contributed by atoms with Gasteiger partial charge < -0.3 is 5.73 Å². The summed E-state index contributed by atoms with van der Waals surface area (Å²) in [7, 11) is 2.13. The van der Waals surface area contributed by atoms with E-state index in [4.69, 9.17) is 5.73 Å². The molecule has 3 heteroatoms. The molecule has 0 bridgehead atoms. The number of halogens is 1. The quantitative estimate of drug-likeness (QED) is 0.851. The van der Waals surface area contributed by atoms with Gasteiger partial charge in [-0.25, -0.2) is 0 Å². The van der Waals surface area contributed by atoms with Gasteiger partial charge in [-0.2, -0.15) is 0 Å². The summed E-state index contributed by atoms with van der Waals surface area (Å²) >= 11 is 3.63. The van der Waals surface area contributed by atoms with Crippen molar-refractivity contribution < 1.29 is 0 Å². The van der Waals surface area contributed by atoms with Crippen molar-refractivity contribution in [3.05, 3.63) is 69.7 Å². The van der Waals surface area contributed by atoms with Crippen LogP contribution in [-0.2, 0) is 13.0 Å². The molecule has 21 heavy (non-hydrogen) atoms. The number of aryl methyl sites for hydroxylation is 1. The minimum absolute atomic E-state index is 0.214. The van der Waals surface area contributed by atoms with Gasteiger partial charge in [0.25, 0.3) is 0 Å². The zero-order valence-electron chi connectivity index (χ0n) is 12.7. The van der Waals surface area contributed by atoms with Gasteiger partial charge in [0.15, 0.2) is 0 Å². The standard InChI is InChI=1S/C18H23BrN2/c1-3-14-8-10-15(11-9-14)13-21(2)18(12-20)16-6-4-5-7-17(16)19/h4-11,18H,3,12-13,20H2,1-2H3. The first-order valence-electron chi connectivity index (χ1n) is 7.38. The third kappa shape index (κ3) is 4.16. The van der Waals surface area contributed by atoms with E-state index in [9.17, 15) is 0 Å². The molecule has 0 aromatic heterocycles. The van der Waals surface area contributed by atoms with Crippen LogP contribution in [0.1, 0.15) is 29.7 Å². The lowest BCUT2D eigenvalue weighted by atomic mass is 10.0. The molecular formula is C18H23BrN2. The first-order chi connectivity index (χ1) is 10.2. The molecule has 112 valence electrons. The molecule has 0 amide bonds. The fourth-order valence-electron chi connectivity index (χ4n) is 2.57. The van der Waals surface area contributed by atoms with Crippen LogP contribution in [-0.4, -0.2) is 18.5 Å². The minimum atomic E-state index is 0.214. The van der Waals surface area contributed by atoms with Crippen LogP contribution >= 0.6 is 15.9 Å². The Morgan fingerprint density at radius 2 is 1.67 bits per heavy atom. The Bertz CT molecular complexity index is 566. The lowest BCUT2D eigenvalue weighted by molar-refractivity contribution is 0.241. The molecule has 0 radical (unpaired) electrons. The molecule has 2 N–H and O–H groups in total. The van der Waals surface area contributed by atoms with E-state index >= 15 is 0 Å². The molecule has 2 aromatic rings. The second kappa shape index (κ2) is 7.74. The van der Waals surface area contributed by atoms with Crippen LogP contribution in [0, 0.1) is 0 Å². The second-order valence-corrected chi connectivity index (χ2v) is 6.21. The fraction of sp³-hybridized carbons (Fsp3) is 0.333. The number of benzene rings is 2. The van der Waals surface area contributed by atoms with Crippen LogP contribution in [0.5, 0.6) is 0 Å². The zero-order chi connectivity index (χ0) is 15.2. The summed E-state index contributed by atoms with van der Waals surface area (Å²) in [6.45, 7) is 3.68. The maximum Gasteiger partial charge on any atom is 0.0482 e. The highest BCUT2D eigenvalue weighted by atomic mass is 79.9. The SMILES string of the molecule is CCc1ccc(CN(C)C(CN)c2ccccc2Br)cc1. The topological polar surface area (TPSA) is 29.3 Å². The third-order valence-electron chi connectivity index (χ3n) is 3.88. The predicted molar refractivity (Wildman–Crippen MR) is 93.2 cm³/mol. The van der Waals surface area contributed by atoms with Gasteiger partial charge in [-0.3, -0.25) is 4.90 Å². The van der Waals surface area contributed by atoms with Gasteiger partial charge in [0.05, 0.1) is 0 Å². The van der Waals surface area contributed by atoms with Crippen molar-refractivity contribution in [3.63, 3.8) is 0 Å². The summed E-state index contributed by atoms with van der Waals surface area (Å²) < 4.78 is 1.12. The van der Waals surface area contributed by atoms with E-state index in [-0.39, 0.29) is 6.04 Å². The lowest BCUT2D eigenvalue weighted by Crippen LogP contribution is -2.30. The average molecular weight is 347 g/mol. The van der Waals surface area contributed by atoms with Crippen LogP contribution in [0.25, 0.3) is 0 Å². The summed E-state index contributed by atoms with van der Waals surface area (Å²) in [5.74, 6) is 0. The normalized spacial score (nSPS) is 12.6. The molecule has 0 fully saturated rings. The molecule has 2 nitrogen and oxygen atoms in total. The number of likely N-dealkylation sites (N-methyl/N-ethyl adjacent to an activating group) is 1. The monoisotopic (exact) mass is 346 g/mol. The largest absolute Gasteiger partial charge is 0.329 e. The van der Waals surface area contributed by atoms with Crippen molar-refractivity contribution in [2.75, 3.05) is 13.6 Å².